The number of benzene rings is 2. The Labute approximate surface area is 292 Å². The zero-order valence-corrected chi connectivity index (χ0v) is 29.9. The number of ketones is 2. The van der Waals surface area contributed by atoms with Crippen molar-refractivity contribution in [3.8, 4) is 11.1 Å². The Kier molecular flexibility index (Phi) is 11.7. The summed E-state index contributed by atoms with van der Waals surface area (Å²) in [7, 11) is 3.35. The fourth-order valence-corrected chi connectivity index (χ4v) is 5.47. The van der Waals surface area contributed by atoms with E-state index in [0.717, 1.165) is 11.1 Å². The summed E-state index contributed by atoms with van der Waals surface area (Å²) in [6.07, 6.45) is -0.634. The van der Waals surface area contributed by atoms with Gasteiger partial charge in [0, 0.05) is 38.3 Å². The molecular weight excluding hydrogens is 648 g/mol. The number of esters is 2. The summed E-state index contributed by atoms with van der Waals surface area (Å²) < 4.78 is 21.4. The molecule has 2 saturated heterocycles. The first-order valence-electron chi connectivity index (χ1n) is 16.4. The summed E-state index contributed by atoms with van der Waals surface area (Å²) in [5.74, 6) is -2.20. The molecule has 0 spiro atoms. The number of rotatable bonds is 9. The Morgan fingerprint density at radius 1 is 0.580 bits per heavy atom. The summed E-state index contributed by atoms with van der Waals surface area (Å²) in [5, 5.41) is 5.62. The first-order valence-corrected chi connectivity index (χ1v) is 16.4. The topological polar surface area (TPSA) is 152 Å². The zero-order valence-electron chi connectivity index (χ0n) is 29.9. The van der Waals surface area contributed by atoms with Crippen molar-refractivity contribution in [1.29, 1.82) is 0 Å². The van der Waals surface area contributed by atoms with Crippen molar-refractivity contribution < 1.29 is 47.7 Å². The highest BCUT2D eigenvalue weighted by atomic mass is 16.6. The molecule has 0 radical (unpaired) electrons. The number of nitrogens with zero attached hydrogens (tertiary/aromatic N) is 4. The lowest BCUT2D eigenvalue weighted by Crippen LogP contribution is -2.49. The maximum atomic E-state index is 12.8. The van der Waals surface area contributed by atoms with Gasteiger partial charge in [0.1, 0.15) is 11.2 Å². The van der Waals surface area contributed by atoms with E-state index in [-0.39, 0.29) is 0 Å². The predicted molar refractivity (Wildman–Crippen MR) is 181 cm³/mol. The first kappa shape index (κ1) is 38.0. The Morgan fingerprint density at radius 2 is 0.900 bits per heavy atom. The predicted octanol–water partition coefficient (Wildman–Crippen LogP) is 4.52. The van der Waals surface area contributed by atoms with Crippen molar-refractivity contribution >= 4 is 35.7 Å². The fourth-order valence-electron chi connectivity index (χ4n) is 5.47. The average Bonchev–Trinajstić information content (AvgIpc) is 3.63. The second-order valence-electron chi connectivity index (χ2n) is 14.2. The van der Waals surface area contributed by atoms with Crippen LogP contribution in [0.2, 0.25) is 0 Å². The molecule has 2 aromatic rings. The van der Waals surface area contributed by atoms with Crippen LogP contribution in [0.15, 0.2) is 48.5 Å². The van der Waals surface area contributed by atoms with Gasteiger partial charge < -0.3 is 18.9 Å². The minimum Gasteiger partial charge on any atom is -0.456 e. The quantitative estimate of drug-likeness (QED) is 0.206. The molecule has 2 aliphatic heterocycles. The molecule has 0 saturated carbocycles. The van der Waals surface area contributed by atoms with E-state index in [4.69, 9.17) is 18.9 Å². The van der Waals surface area contributed by atoms with Gasteiger partial charge in [0.25, 0.3) is 0 Å². The Morgan fingerprint density at radius 3 is 1.20 bits per heavy atom. The van der Waals surface area contributed by atoms with E-state index in [1.807, 2.05) is 0 Å². The number of Topliss-reactive ketones (excluding diaryl/α,β-unsaturated/α-hetero) is 2. The Balaban J connectivity index is 1.28. The maximum Gasteiger partial charge on any atom is 0.425 e. The molecule has 0 aliphatic carbocycles. The third-order valence-electron chi connectivity index (χ3n) is 7.92. The van der Waals surface area contributed by atoms with Gasteiger partial charge in [0.2, 0.25) is 0 Å². The van der Waals surface area contributed by atoms with Crippen LogP contribution in [0.4, 0.5) is 9.59 Å². The molecule has 0 N–H and O–H groups in total. The molecule has 2 amide bonds. The second kappa shape index (κ2) is 15.4. The van der Waals surface area contributed by atoms with Crippen molar-refractivity contribution in [2.75, 3.05) is 40.4 Å². The molecule has 4 rings (SSSR count). The van der Waals surface area contributed by atoms with Gasteiger partial charge in [-0.2, -0.15) is 0 Å². The fraction of sp³-hybridized carbons (Fsp3) is 0.500. The standard InChI is InChI=1S/C36H46N4O10/c1-35(2,3)49-33(45)39-27(17-19-37(39)7)31(43)47-21-29(41)25-13-9-23(10-14-25)24-11-15-26(16-12-24)30(42)22-48-32(44)28-18-20-38(8)40(28)34(46)50-36(4,5)6/h9-16,27-28H,17-22H2,1-8H3/t27-,28-/m0/s1. The Hall–Kier alpha value is -4.82. The maximum absolute atomic E-state index is 12.8. The van der Waals surface area contributed by atoms with Crippen molar-refractivity contribution in [2.24, 2.45) is 0 Å². The summed E-state index contributed by atoms with van der Waals surface area (Å²) >= 11 is 0. The van der Waals surface area contributed by atoms with E-state index in [2.05, 4.69) is 0 Å². The number of hydrogen-bond acceptors (Lipinski definition) is 12. The highest BCUT2D eigenvalue weighted by molar-refractivity contribution is 5.99. The number of amides is 2. The molecule has 14 heteroatoms. The molecule has 0 bridgehead atoms. The molecule has 270 valence electrons. The van der Waals surface area contributed by atoms with Crippen LogP contribution in [0.5, 0.6) is 0 Å². The molecule has 2 heterocycles. The normalized spacial score (nSPS) is 18.5. The van der Waals surface area contributed by atoms with Gasteiger partial charge in [0.05, 0.1) is 0 Å². The van der Waals surface area contributed by atoms with Crippen molar-refractivity contribution in [3.05, 3.63) is 59.7 Å². The van der Waals surface area contributed by atoms with Crippen molar-refractivity contribution in [2.45, 2.75) is 77.7 Å². The van der Waals surface area contributed by atoms with Crippen LogP contribution in [0.3, 0.4) is 0 Å². The van der Waals surface area contributed by atoms with E-state index in [9.17, 15) is 28.8 Å². The van der Waals surface area contributed by atoms with Gasteiger partial charge in [-0.15, -0.1) is 0 Å². The van der Waals surface area contributed by atoms with Crippen LogP contribution in [-0.4, -0.2) is 119 Å². The largest absolute Gasteiger partial charge is 0.456 e. The van der Waals surface area contributed by atoms with Crippen LogP contribution in [-0.2, 0) is 28.5 Å². The van der Waals surface area contributed by atoms with Crippen LogP contribution in [0.1, 0.15) is 75.1 Å². The van der Waals surface area contributed by atoms with Gasteiger partial charge in [-0.05, 0) is 65.5 Å². The summed E-state index contributed by atoms with van der Waals surface area (Å²) in [5.41, 5.74) is 0.741. The molecule has 2 aliphatic rings. The van der Waals surface area contributed by atoms with Gasteiger partial charge in [-0.25, -0.2) is 39.2 Å². The lowest BCUT2D eigenvalue weighted by Gasteiger charge is -2.31. The van der Waals surface area contributed by atoms with E-state index in [0.29, 0.717) is 37.1 Å². The molecule has 2 atom stereocenters. The second-order valence-corrected chi connectivity index (χ2v) is 14.2. The monoisotopic (exact) mass is 694 g/mol. The lowest BCUT2D eigenvalue weighted by atomic mass is 10.0. The average molecular weight is 695 g/mol. The van der Waals surface area contributed by atoms with Gasteiger partial charge in [-0.3, -0.25) is 9.59 Å². The van der Waals surface area contributed by atoms with E-state index >= 15 is 0 Å². The van der Waals surface area contributed by atoms with Crippen LogP contribution in [0.25, 0.3) is 11.1 Å². The minimum absolute atomic E-state index is 0.335. The van der Waals surface area contributed by atoms with Crippen LogP contribution >= 0.6 is 0 Å². The molecule has 14 nitrogen and oxygen atoms in total. The number of carbonyl (C=O) groups excluding carboxylic acids is 6. The van der Waals surface area contributed by atoms with E-state index in [1.165, 1.54) is 10.0 Å². The molecule has 2 aromatic carbocycles. The molecular formula is C36H46N4O10. The number of hydrazine groups is 2. The third-order valence-corrected chi connectivity index (χ3v) is 7.92. The van der Waals surface area contributed by atoms with Gasteiger partial charge >= 0.3 is 24.1 Å². The number of ether oxygens (including phenoxy) is 4. The molecule has 0 unspecified atom stereocenters. The smallest absolute Gasteiger partial charge is 0.425 e. The zero-order chi connectivity index (χ0) is 37.0. The Bertz CT molecular complexity index is 1470. The van der Waals surface area contributed by atoms with Gasteiger partial charge in [0.15, 0.2) is 36.9 Å². The van der Waals surface area contributed by atoms with Crippen molar-refractivity contribution in [1.82, 2.24) is 20.0 Å². The molecule has 0 aromatic heterocycles. The summed E-state index contributed by atoms with van der Waals surface area (Å²) in [6.45, 7) is 10.3. The molecule has 2 fully saturated rings. The van der Waals surface area contributed by atoms with E-state index < -0.39 is 72.2 Å². The SMILES string of the molecule is CN1CC[C@@H](C(=O)OCC(=O)c2ccc(-c3ccc(C(=O)COC(=O)[C@@H]4CCN(C)N4C(=O)OC(C)(C)C)cc3)cc2)N1C(=O)OC(C)(C)C. The van der Waals surface area contributed by atoms with E-state index in [1.54, 1.807) is 114 Å². The minimum atomic E-state index is -0.893. The summed E-state index contributed by atoms with van der Waals surface area (Å²) in [4.78, 5) is 76.6. The van der Waals surface area contributed by atoms with Crippen LogP contribution in [0, 0.1) is 0 Å². The summed E-state index contributed by atoms with van der Waals surface area (Å²) in [6, 6.07) is 11.6. The first-order chi connectivity index (χ1) is 23.3. The number of hydrogen-bond donors (Lipinski definition) is 0. The lowest BCUT2D eigenvalue weighted by molar-refractivity contribution is -0.151. The van der Waals surface area contributed by atoms with Crippen LogP contribution < -0.4 is 0 Å². The number of carbonyl (C=O) groups is 6. The highest BCUT2D eigenvalue weighted by Crippen LogP contribution is 2.25. The van der Waals surface area contributed by atoms with Gasteiger partial charge in [-0.1, -0.05) is 48.5 Å². The third kappa shape index (κ3) is 9.66. The molecule has 50 heavy (non-hydrogen) atoms. The highest BCUT2D eigenvalue weighted by Gasteiger charge is 2.43. The van der Waals surface area contributed by atoms with Crippen molar-refractivity contribution in [3.63, 3.8) is 0 Å².